The Balaban J connectivity index is 2.45. The fraction of sp³-hybridized carbons (Fsp3) is 0.500. The number of sulfonamides is 1. The summed E-state index contributed by atoms with van der Waals surface area (Å²) in [5, 5.41) is 9.18. The lowest BCUT2D eigenvalue weighted by Crippen LogP contribution is -2.40. The standard InChI is InChI=1S/C12H13ClF3NO3S/c13-8-1-2-11(10(7-8)12(14,15)16)21(19,20)17-5-3-9(18)4-6-17/h1-2,7,9,18H,3-6H2. The molecule has 1 N–H and O–H groups in total. The summed E-state index contributed by atoms with van der Waals surface area (Å²) in [7, 11) is -4.27. The van der Waals surface area contributed by atoms with E-state index in [1.807, 2.05) is 0 Å². The van der Waals surface area contributed by atoms with E-state index in [2.05, 4.69) is 0 Å². The number of halogens is 4. The van der Waals surface area contributed by atoms with E-state index in [0.29, 0.717) is 6.07 Å². The highest BCUT2D eigenvalue weighted by Crippen LogP contribution is 2.37. The van der Waals surface area contributed by atoms with Crippen molar-refractivity contribution in [3.63, 3.8) is 0 Å². The second-order valence-corrected chi connectivity index (χ2v) is 7.12. The van der Waals surface area contributed by atoms with Gasteiger partial charge in [0.15, 0.2) is 0 Å². The maximum absolute atomic E-state index is 13.0. The van der Waals surface area contributed by atoms with Crippen LogP contribution in [0.1, 0.15) is 18.4 Å². The van der Waals surface area contributed by atoms with Gasteiger partial charge in [0.05, 0.1) is 16.6 Å². The Kier molecular flexibility index (Phi) is 4.53. The van der Waals surface area contributed by atoms with Gasteiger partial charge in [-0.05, 0) is 31.0 Å². The Labute approximate surface area is 125 Å². The van der Waals surface area contributed by atoms with Crippen LogP contribution in [0, 0.1) is 0 Å². The van der Waals surface area contributed by atoms with Gasteiger partial charge in [0.25, 0.3) is 0 Å². The van der Waals surface area contributed by atoms with Crippen LogP contribution < -0.4 is 0 Å². The van der Waals surface area contributed by atoms with Crippen LogP contribution >= 0.6 is 11.6 Å². The first kappa shape index (κ1) is 16.5. The van der Waals surface area contributed by atoms with Gasteiger partial charge in [-0.25, -0.2) is 8.42 Å². The predicted molar refractivity (Wildman–Crippen MR) is 70.5 cm³/mol. The van der Waals surface area contributed by atoms with Crippen molar-refractivity contribution < 1.29 is 26.7 Å². The van der Waals surface area contributed by atoms with Crippen molar-refractivity contribution in [2.45, 2.75) is 30.0 Å². The highest BCUT2D eigenvalue weighted by Gasteiger charge is 2.40. The van der Waals surface area contributed by atoms with E-state index in [1.54, 1.807) is 0 Å². The van der Waals surface area contributed by atoms with Crippen LogP contribution in [-0.2, 0) is 16.2 Å². The second-order valence-electron chi connectivity index (χ2n) is 4.77. The van der Waals surface area contributed by atoms with Gasteiger partial charge < -0.3 is 5.11 Å². The molecule has 0 aliphatic carbocycles. The summed E-state index contributed by atoms with van der Waals surface area (Å²) in [6.45, 7) is -0.0210. The van der Waals surface area contributed by atoms with Crippen LogP contribution in [0.3, 0.4) is 0 Å². The van der Waals surface area contributed by atoms with Gasteiger partial charge in [0.2, 0.25) is 10.0 Å². The minimum atomic E-state index is -4.82. The van der Waals surface area contributed by atoms with Gasteiger partial charge in [-0.3, -0.25) is 0 Å². The quantitative estimate of drug-likeness (QED) is 0.897. The molecule has 1 saturated heterocycles. The molecule has 21 heavy (non-hydrogen) atoms. The normalized spacial score (nSPS) is 18.9. The average Bonchev–Trinajstić information content (AvgIpc) is 2.38. The molecule has 0 bridgehead atoms. The summed E-state index contributed by atoms with van der Waals surface area (Å²) in [4.78, 5) is -0.809. The van der Waals surface area contributed by atoms with Crippen molar-refractivity contribution in [2.24, 2.45) is 0 Å². The van der Waals surface area contributed by atoms with Crippen LogP contribution in [-0.4, -0.2) is 37.0 Å². The number of hydrogen-bond donors (Lipinski definition) is 1. The van der Waals surface area contributed by atoms with E-state index in [9.17, 15) is 26.7 Å². The Hall–Kier alpha value is -0.830. The lowest BCUT2D eigenvalue weighted by molar-refractivity contribution is -0.139. The van der Waals surface area contributed by atoms with E-state index in [1.165, 1.54) is 0 Å². The molecule has 4 nitrogen and oxygen atoms in total. The number of aliphatic hydroxyl groups excluding tert-OH is 1. The molecule has 0 saturated carbocycles. The van der Waals surface area contributed by atoms with Crippen molar-refractivity contribution in [3.8, 4) is 0 Å². The zero-order valence-electron chi connectivity index (χ0n) is 10.8. The van der Waals surface area contributed by atoms with E-state index < -0.39 is 32.8 Å². The molecule has 1 aliphatic rings. The first-order valence-corrected chi connectivity index (χ1v) is 7.99. The maximum atomic E-state index is 13.0. The fourth-order valence-electron chi connectivity index (χ4n) is 2.17. The topological polar surface area (TPSA) is 57.6 Å². The molecule has 0 atom stereocenters. The van der Waals surface area contributed by atoms with Crippen LogP contribution in [0.15, 0.2) is 23.1 Å². The van der Waals surface area contributed by atoms with Crippen LogP contribution in [0.4, 0.5) is 13.2 Å². The van der Waals surface area contributed by atoms with Gasteiger partial charge in [0.1, 0.15) is 0 Å². The summed E-state index contributed by atoms with van der Waals surface area (Å²) < 4.78 is 64.7. The molecular weight excluding hydrogens is 331 g/mol. The first-order valence-electron chi connectivity index (χ1n) is 6.17. The van der Waals surface area contributed by atoms with Crippen LogP contribution in [0.25, 0.3) is 0 Å². The summed E-state index contributed by atoms with van der Waals surface area (Å²) >= 11 is 5.54. The molecule has 0 spiro atoms. The molecule has 2 rings (SSSR count). The molecule has 0 aromatic heterocycles. The average molecular weight is 344 g/mol. The number of rotatable bonds is 2. The summed E-state index contributed by atoms with van der Waals surface area (Å²) in [6.07, 6.45) is -5.03. The van der Waals surface area contributed by atoms with Gasteiger partial charge >= 0.3 is 6.18 Å². The SMILES string of the molecule is O=S(=O)(c1ccc(Cl)cc1C(F)(F)F)N1CCC(O)CC1. The molecule has 1 fully saturated rings. The Morgan fingerprint density at radius 2 is 1.81 bits per heavy atom. The van der Waals surface area contributed by atoms with Gasteiger partial charge in [-0.15, -0.1) is 0 Å². The molecule has 1 heterocycles. The van der Waals surface area contributed by atoms with Crippen molar-refractivity contribution in [1.29, 1.82) is 0 Å². The Bertz CT molecular complexity index is 625. The summed E-state index contributed by atoms with van der Waals surface area (Å²) in [5.74, 6) is 0. The smallest absolute Gasteiger partial charge is 0.393 e. The van der Waals surface area contributed by atoms with Crippen molar-refractivity contribution in [2.75, 3.05) is 13.1 Å². The molecule has 1 aromatic carbocycles. The number of aliphatic hydroxyl groups is 1. The van der Waals surface area contributed by atoms with Gasteiger partial charge in [-0.1, -0.05) is 11.6 Å². The minimum absolute atomic E-state index is 0.0105. The third-order valence-electron chi connectivity index (χ3n) is 3.29. The molecule has 0 radical (unpaired) electrons. The Morgan fingerprint density at radius 1 is 1.24 bits per heavy atom. The molecular formula is C12H13ClF3NO3S. The predicted octanol–water partition coefficient (Wildman–Crippen LogP) is 2.50. The van der Waals surface area contributed by atoms with Gasteiger partial charge in [-0.2, -0.15) is 17.5 Å². The number of hydrogen-bond acceptors (Lipinski definition) is 3. The molecule has 1 aliphatic heterocycles. The minimum Gasteiger partial charge on any atom is -0.393 e. The second kappa shape index (κ2) is 5.75. The third-order valence-corrected chi connectivity index (χ3v) is 5.48. The summed E-state index contributed by atoms with van der Waals surface area (Å²) in [6, 6.07) is 2.58. The lowest BCUT2D eigenvalue weighted by Gasteiger charge is -2.29. The highest BCUT2D eigenvalue weighted by molar-refractivity contribution is 7.89. The fourth-order valence-corrected chi connectivity index (χ4v) is 4.00. The Morgan fingerprint density at radius 3 is 2.33 bits per heavy atom. The van der Waals surface area contributed by atoms with Crippen molar-refractivity contribution in [3.05, 3.63) is 28.8 Å². The zero-order chi connectivity index (χ0) is 15.8. The number of piperidine rings is 1. The molecule has 9 heteroatoms. The van der Waals surface area contributed by atoms with Crippen molar-refractivity contribution >= 4 is 21.6 Å². The first-order chi connectivity index (χ1) is 9.62. The molecule has 0 amide bonds. The van der Waals surface area contributed by atoms with Crippen LogP contribution in [0.5, 0.6) is 0 Å². The van der Waals surface area contributed by atoms with E-state index in [4.69, 9.17) is 11.6 Å². The van der Waals surface area contributed by atoms with Crippen LogP contribution in [0.2, 0.25) is 5.02 Å². The largest absolute Gasteiger partial charge is 0.417 e. The summed E-state index contributed by atoms with van der Waals surface area (Å²) in [5.41, 5.74) is -1.28. The van der Waals surface area contributed by atoms with E-state index in [-0.39, 0.29) is 31.0 Å². The number of nitrogens with zero attached hydrogens (tertiary/aromatic N) is 1. The number of benzene rings is 1. The monoisotopic (exact) mass is 343 g/mol. The molecule has 1 aromatic rings. The van der Waals surface area contributed by atoms with Crippen molar-refractivity contribution in [1.82, 2.24) is 4.31 Å². The van der Waals surface area contributed by atoms with Gasteiger partial charge in [0, 0.05) is 18.1 Å². The molecule has 118 valence electrons. The molecule has 0 unspecified atom stereocenters. The number of alkyl halides is 3. The maximum Gasteiger partial charge on any atom is 0.417 e. The highest BCUT2D eigenvalue weighted by atomic mass is 35.5. The zero-order valence-corrected chi connectivity index (χ0v) is 12.3. The lowest BCUT2D eigenvalue weighted by atomic mass is 10.1. The third kappa shape index (κ3) is 3.50. The van der Waals surface area contributed by atoms with E-state index >= 15 is 0 Å². The van der Waals surface area contributed by atoms with E-state index in [0.717, 1.165) is 16.4 Å².